The van der Waals surface area contributed by atoms with Crippen LogP contribution >= 0.6 is 23.1 Å². The molecule has 2 aromatic rings. The molecule has 1 N–H and O–H groups in total. The number of aromatic nitrogens is 1. The van der Waals surface area contributed by atoms with Crippen molar-refractivity contribution in [2.75, 3.05) is 11.0 Å². The van der Waals surface area contributed by atoms with Crippen LogP contribution in [0, 0.1) is 6.92 Å². The molecular weight excluding hydrogens is 288 g/mol. The number of benzene rings is 1. The summed E-state index contributed by atoms with van der Waals surface area (Å²) >= 11 is 2.66. The molecule has 0 aliphatic carbocycles. The smallest absolute Gasteiger partial charge is 0.273 e. The average Bonchev–Trinajstić information content (AvgIpc) is 2.77. The van der Waals surface area contributed by atoms with Gasteiger partial charge in [0.15, 0.2) is 4.21 Å². The van der Waals surface area contributed by atoms with Gasteiger partial charge in [-0.3, -0.25) is 4.72 Å². The Morgan fingerprint density at radius 1 is 1.33 bits per heavy atom. The summed E-state index contributed by atoms with van der Waals surface area (Å²) in [6.45, 7) is 1.78. The number of sulfonamides is 1. The van der Waals surface area contributed by atoms with Gasteiger partial charge in [0.1, 0.15) is 0 Å². The van der Waals surface area contributed by atoms with Gasteiger partial charge in [-0.2, -0.15) is 0 Å². The Balaban J connectivity index is 2.33. The Bertz CT molecular complexity index is 650. The molecule has 0 saturated heterocycles. The normalized spacial score (nSPS) is 11.4. The number of rotatable bonds is 4. The molecule has 0 fully saturated rings. The number of anilines is 1. The summed E-state index contributed by atoms with van der Waals surface area (Å²) < 4.78 is 27.1. The molecule has 2 rings (SSSR count). The van der Waals surface area contributed by atoms with Gasteiger partial charge in [-0.1, -0.05) is 12.1 Å². The Morgan fingerprint density at radius 2 is 2.06 bits per heavy atom. The quantitative estimate of drug-likeness (QED) is 0.882. The second kappa shape index (κ2) is 5.29. The topological polar surface area (TPSA) is 59.1 Å². The second-order valence-corrected chi connectivity index (χ2v) is 7.50. The number of para-hydroxylation sites is 1. The maximum Gasteiger partial charge on any atom is 0.273 e. The molecule has 0 radical (unpaired) electrons. The van der Waals surface area contributed by atoms with Gasteiger partial charge >= 0.3 is 0 Å². The summed E-state index contributed by atoms with van der Waals surface area (Å²) in [6, 6.07) is 7.30. The first-order chi connectivity index (χ1) is 8.53. The van der Waals surface area contributed by atoms with Crippen molar-refractivity contribution < 1.29 is 8.42 Å². The van der Waals surface area contributed by atoms with Gasteiger partial charge in [-0.15, -0.1) is 23.1 Å². The zero-order valence-electron chi connectivity index (χ0n) is 9.88. The lowest BCUT2D eigenvalue weighted by atomic mass is 10.3. The van der Waals surface area contributed by atoms with Crippen molar-refractivity contribution in [1.29, 1.82) is 0 Å². The maximum absolute atomic E-state index is 12.1. The van der Waals surface area contributed by atoms with Crippen LogP contribution in [0.1, 0.15) is 5.01 Å². The summed E-state index contributed by atoms with van der Waals surface area (Å²) in [5, 5.41) is 0.730. The SMILES string of the molecule is CSc1ccccc1NS(=O)(=O)c1cnc(C)s1. The number of nitrogens with one attached hydrogen (secondary N) is 1. The van der Waals surface area contributed by atoms with Crippen LogP contribution in [0.25, 0.3) is 0 Å². The molecule has 4 nitrogen and oxygen atoms in total. The van der Waals surface area contributed by atoms with Gasteiger partial charge < -0.3 is 0 Å². The van der Waals surface area contributed by atoms with Crippen LogP contribution in [0.5, 0.6) is 0 Å². The van der Waals surface area contributed by atoms with Gasteiger partial charge in [0.2, 0.25) is 0 Å². The lowest BCUT2D eigenvalue weighted by Crippen LogP contribution is -2.12. The van der Waals surface area contributed by atoms with E-state index in [4.69, 9.17) is 0 Å². The monoisotopic (exact) mass is 300 g/mol. The van der Waals surface area contributed by atoms with Gasteiger partial charge in [0.25, 0.3) is 10.0 Å². The van der Waals surface area contributed by atoms with E-state index >= 15 is 0 Å². The van der Waals surface area contributed by atoms with Crippen molar-refractivity contribution in [3.05, 3.63) is 35.5 Å². The van der Waals surface area contributed by atoms with Crippen LogP contribution in [-0.2, 0) is 10.0 Å². The maximum atomic E-state index is 12.1. The van der Waals surface area contributed by atoms with E-state index in [1.807, 2.05) is 18.4 Å². The number of thiazole rings is 1. The van der Waals surface area contributed by atoms with Crippen LogP contribution in [-0.4, -0.2) is 19.7 Å². The fourth-order valence-corrected chi connectivity index (χ4v) is 4.20. The fourth-order valence-electron chi connectivity index (χ4n) is 1.39. The van der Waals surface area contributed by atoms with Crippen LogP contribution in [0.3, 0.4) is 0 Å². The minimum absolute atomic E-state index is 0.232. The summed E-state index contributed by atoms with van der Waals surface area (Å²) in [6.07, 6.45) is 3.29. The minimum atomic E-state index is -3.53. The van der Waals surface area contributed by atoms with E-state index in [0.717, 1.165) is 21.2 Å². The average molecular weight is 300 g/mol. The highest BCUT2D eigenvalue weighted by molar-refractivity contribution is 7.99. The summed E-state index contributed by atoms with van der Waals surface area (Å²) in [7, 11) is -3.53. The predicted octanol–water partition coefficient (Wildman–Crippen LogP) is 2.97. The van der Waals surface area contributed by atoms with Crippen molar-refractivity contribution >= 4 is 38.8 Å². The fraction of sp³-hybridized carbons (Fsp3) is 0.182. The van der Waals surface area contributed by atoms with Gasteiger partial charge in [-0.25, -0.2) is 13.4 Å². The van der Waals surface area contributed by atoms with Crippen LogP contribution < -0.4 is 4.72 Å². The molecule has 96 valence electrons. The summed E-state index contributed by atoms with van der Waals surface area (Å²) in [5.41, 5.74) is 0.594. The molecule has 1 heterocycles. The molecule has 0 spiro atoms. The van der Waals surface area contributed by atoms with Crippen LogP contribution in [0.2, 0.25) is 0 Å². The number of thioether (sulfide) groups is 1. The molecule has 18 heavy (non-hydrogen) atoms. The lowest BCUT2D eigenvalue weighted by Gasteiger charge is -2.09. The molecule has 0 aliphatic heterocycles. The first-order valence-electron chi connectivity index (χ1n) is 5.11. The van der Waals surface area contributed by atoms with Crippen molar-refractivity contribution in [3.8, 4) is 0 Å². The third kappa shape index (κ3) is 2.85. The molecule has 0 bridgehead atoms. The second-order valence-electron chi connectivity index (χ2n) is 3.50. The van der Waals surface area contributed by atoms with E-state index in [2.05, 4.69) is 9.71 Å². The van der Waals surface area contributed by atoms with E-state index in [1.54, 1.807) is 19.1 Å². The predicted molar refractivity (Wildman–Crippen MR) is 75.9 cm³/mol. The number of aryl methyl sites for hydroxylation is 1. The molecular formula is C11H12N2O2S3. The number of hydrogen-bond acceptors (Lipinski definition) is 5. The Hall–Kier alpha value is -1.05. The first kappa shape index (κ1) is 13.4. The Kier molecular flexibility index (Phi) is 3.94. The van der Waals surface area contributed by atoms with Gasteiger partial charge in [0, 0.05) is 4.90 Å². The number of nitrogens with zero attached hydrogens (tertiary/aromatic N) is 1. The highest BCUT2D eigenvalue weighted by atomic mass is 32.2. The van der Waals surface area contributed by atoms with E-state index < -0.39 is 10.0 Å². The van der Waals surface area contributed by atoms with Gasteiger partial charge in [0.05, 0.1) is 16.9 Å². The van der Waals surface area contributed by atoms with E-state index in [0.29, 0.717) is 5.69 Å². The highest BCUT2D eigenvalue weighted by Gasteiger charge is 2.18. The van der Waals surface area contributed by atoms with Gasteiger partial charge in [-0.05, 0) is 25.3 Å². The summed E-state index contributed by atoms with van der Waals surface area (Å²) in [5.74, 6) is 0. The van der Waals surface area contributed by atoms with Crippen LogP contribution in [0.15, 0.2) is 39.6 Å². The largest absolute Gasteiger partial charge is 0.278 e. The Morgan fingerprint density at radius 3 is 2.67 bits per heavy atom. The van der Waals surface area contributed by atoms with E-state index in [-0.39, 0.29) is 4.21 Å². The third-order valence-electron chi connectivity index (χ3n) is 2.22. The number of hydrogen-bond donors (Lipinski definition) is 1. The molecule has 0 atom stereocenters. The Labute approximate surface area is 115 Å². The third-order valence-corrected chi connectivity index (χ3v) is 5.75. The van der Waals surface area contributed by atoms with Crippen LogP contribution in [0.4, 0.5) is 5.69 Å². The standard InChI is InChI=1S/C11H12N2O2S3/c1-8-12-7-11(17-8)18(14,15)13-9-5-3-4-6-10(9)16-2/h3-7,13H,1-2H3. The molecule has 7 heteroatoms. The highest BCUT2D eigenvalue weighted by Crippen LogP contribution is 2.28. The van der Waals surface area contributed by atoms with Crippen molar-refractivity contribution in [2.24, 2.45) is 0 Å². The summed E-state index contributed by atoms with van der Waals surface area (Å²) in [4.78, 5) is 4.85. The van der Waals surface area contributed by atoms with E-state index in [9.17, 15) is 8.42 Å². The lowest BCUT2D eigenvalue weighted by molar-refractivity contribution is 0.603. The van der Waals surface area contributed by atoms with Crippen molar-refractivity contribution in [1.82, 2.24) is 4.98 Å². The molecule has 0 aliphatic rings. The molecule has 1 aromatic carbocycles. The van der Waals surface area contributed by atoms with Crippen molar-refractivity contribution in [2.45, 2.75) is 16.0 Å². The van der Waals surface area contributed by atoms with Crippen molar-refractivity contribution in [3.63, 3.8) is 0 Å². The zero-order valence-corrected chi connectivity index (χ0v) is 12.3. The molecule has 0 saturated carbocycles. The molecule has 0 amide bonds. The minimum Gasteiger partial charge on any atom is -0.278 e. The molecule has 1 aromatic heterocycles. The van der Waals surface area contributed by atoms with E-state index in [1.165, 1.54) is 18.0 Å². The zero-order chi connectivity index (χ0) is 13.2. The first-order valence-corrected chi connectivity index (χ1v) is 8.63. The molecule has 0 unspecified atom stereocenters.